The van der Waals surface area contributed by atoms with Gasteiger partial charge in [-0.25, -0.2) is 4.98 Å². The summed E-state index contributed by atoms with van der Waals surface area (Å²) in [6.45, 7) is 0. The summed E-state index contributed by atoms with van der Waals surface area (Å²) in [4.78, 5) is 15.6. The van der Waals surface area contributed by atoms with Crippen LogP contribution in [0, 0.1) is 0 Å². The molecule has 5 nitrogen and oxygen atoms in total. The Balaban J connectivity index is 2.35. The van der Waals surface area contributed by atoms with Gasteiger partial charge in [-0.2, -0.15) is 0 Å². The number of rotatable bonds is 4. The Labute approximate surface area is 121 Å². The van der Waals surface area contributed by atoms with Crippen molar-refractivity contribution in [3.63, 3.8) is 0 Å². The van der Waals surface area contributed by atoms with Gasteiger partial charge in [-0.05, 0) is 23.8 Å². The molecule has 0 fully saturated rings. The molecule has 0 aliphatic carbocycles. The van der Waals surface area contributed by atoms with Crippen LogP contribution in [0.4, 0.5) is 0 Å². The van der Waals surface area contributed by atoms with Crippen molar-refractivity contribution in [2.45, 2.75) is 12.5 Å². The van der Waals surface area contributed by atoms with Gasteiger partial charge in [0.1, 0.15) is 16.9 Å². The summed E-state index contributed by atoms with van der Waals surface area (Å²) >= 11 is 6.13. The van der Waals surface area contributed by atoms with Crippen molar-refractivity contribution in [3.05, 3.63) is 35.0 Å². The molecule has 0 aliphatic heterocycles. The average Bonchev–Trinajstić information content (AvgIpc) is 2.46. The Morgan fingerprint density at radius 1 is 1.40 bits per heavy atom. The number of nitrogens with zero attached hydrogens (tertiary/aromatic N) is 1. The Bertz CT molecular complexity index is 646. The van der Waals surface area contributed by atoms with Crippen LogP contribution in [0.2, 0.25) is 5.15 Å². The minimum absolute atomic E-state index is 0.278. The van der Waals surface area contributed by atoms with Gasteiger partial charge in [0.05, 0.1) is 19.7 Å². The van der Waals surface area contributed by atoms with E-state index in [4.69, 9.17) is 22.1 Å². The largest absolute Gasteiger partial charge is 0.497 e. The maximum Gasteiger partial charge on any atom is 0.322 e. The van der Waals surface area contributed by atoms with Gasteiger partial charge in [-0.15, -0.1) is 0 Å². The van der Waals surface area contributed by atoms with Crippen molar-refractivity contribution in [1.82, 2.24) is 4.98 Å². The second kappa shape index (κ2) is 6.07. The maximum absolute atomic E-state index is 11.3. The number of nitrogens with two attached hydrogens (primary N) is 1. The molecule has 0 radical (unpaired) electrons. The van der Waals surface area contributed by atoms with Crippen LogP contribution in [0.3, 0.4) is 0 Å². The third-order valence-electron chi connectivity index (χ3n) is 2.99. The van der Waals surface area contributed by atoms with E-state index < -0.39 is 12.0 Å². The third kappa shape index (κ3) is 3.00. The lowest BCUT2D eigenvalue weighted by Crippen LogP contribution is -2.33. The number of esters is 1. The van der Waals surface area contributed by atoms with E-state index in [1.165, 1.54) is 7.11 Å². The predicted molar refractivity (Wildman–Crippen MR) is 77.0 cm³/mol. The summed E-state index contributed by atoms with van der Waals surface area (Å²) in [7, 11) is 2.89. The molecule has 1 unspecified atom stereocenters. The highest BCUT2D eigenvalue weighted by atomic mass is 35.5. The van der Waals surface area contributed by atoms with E-state index in [0.717, 1.165) is 10.9 Å². The normalized spacial score (nSPS) is 12.2. The second-order valence-electron chi connectivity index (χ2n) is 4.33. The van der Waals surface area contributed by atoms with Crippen molar-refractivity contribution in [2.75, 3.05) is 14.2 Å². The van der Waals surface area contributed by atoms with Gasteiger partial charge in [0, 0.05) is 17.9 Å². The monoisotopic (exact) mass is 294 g/mol. The van der Waals surface area contributed by atoms with E-state index in [9.17, 15) is 4.79 Å². The molecule has 1 heterocycles. The minimum atomic E-state index is -0.755. The van der Waals surface area contributed by atoms with Crippen molar-refractivity contribution < 1.29 is 14.3 Å². The fraction of sp³-hybridized carbons (Fsp3) is 0.286. The van der Waals surface area contributed by atoms with Gasteiger partial charge < -0.3 is 15.2 Å². The zero-order valence-electron chi connectivity index (χ0n) is 11.2. The van der Waals surface area contributed by atoms with E-state index in [-0.39, 0.29) is 6.42 Å². The van der Waals surface area contributed by atoms with Crippen LogP contribution < -0.4 is 10.5 Å². The van der Waals surface area contributed by atoms with E-state index >= 15 is 0 Å². The lowest BCUT2D eigenvalue weighted by Gasteiger charge is -2.11. The summed E-state index contributed by atoms with van der Waals surface area (Å²) in [5.74, 6) is 0.232. The highest BCUT2D eigenvalue weighted by Crippen LogP contribution is 2.24. The molecule has 1 aromatic carbocycles. The molecule has 0 bridgehead atoms. The lowest BCUT2D eigenvalue weighted by molar-refractivity contribution is -0.142. The number of hydrogen-bond donors (Lipinski definition) is 1. The van der Waals surface area contributed by atoms with Crippen molar-refractivity contribution in [2.24, 2.45) is 5.73 Å². The van der Waals surface area contributed by atoms with Crippen molar-refractivity contribution in [1.29, 1.82) is 0 Å². The molecule has 1 atom stereocenters. The first kappa shape index (κ1) is 14.6. The molecule has 2 N–H and O–H groups in total. The third-order valence-corrected chi connectivity index (χ3v) is 3.32. The Morgan fingerprint density at radius 3 is 2.80 bits per heavy atom. The van der Waals surface area contributed by atoms with Crippen LogP contribution in [0.15, 0.2) is 24.3 Å². The lowest BCUT2D eigenvalue weighted by atomic mass is 10.1. The quantitative estimate of drug-likeness (QED) is 0.689. The van der Waals surface area contributed by atoms with Gasteiger partial charge in [0.2, 0.25) is 0 Å². The standard InChI is InChI=1S/C14H15ClN2O3/c1-19-10-4-3-8-5-9(6-11(16)14(18)20-2)13(15)17-12(8)7-10/h3-5,7,11H,6,16H2,1-2H3. The molecule has 0 saturated heterocycles. The van der Waals surface area contributed by atoms with Crippen LogP contribution in [0.25, 0.3) is 10.9 Å². The smallest absolute Gasteiger partial charge is 0.322 e. The first-order valence-corrected chi connectivity index (χ1v) is 6.39. The van der Waals surface area contributed by atoms with Gasteiger partial charge >= 0.3 is 5.97 Å². The first-order valence-electron chi connectivity index (χ1n) is 6.01. The number of carbonyl (C=O) groups is 1. The van der Waals surface area contributed by atoms with Crippen molar-refractivity contribution in [3.8, 4) is 5.75 Å². The first-order chi connectivity index (χ1) is 9.55. The molecule has 2 rings (SSSR count). The molecule has 2 aromatic rings. The van der Waals surface area contributed by atoms with Crippen LogP contribution >= 0.6 is 11.6 Å². The fourth-order valence-corrected chi connectivity index (χ4v) is 2.13. The zero-order chi connectivity index (χ0) is 14.7. The zero-order valence-corrected chi connectivity index (χ0v) is 12.0. The molecule has 20 heavy (non-hydrogen) atoms. The summed E-state index contributed by atoms with van der Waals surface area (Å²) in [5.41, 5.74) is 7.17. The van der Waals surface area contributed by atoms with E-state index in [0.29, 0.717) is 16.5 Å². The van der Waals surface area contributed by atoms with Crippen LogP contribution in [-0.4, -0.2) is 31.2 Å². The maximum atomic E-state index is 11.3. The highest BCUT2D eigenvalue weighted by Gasteiger charge is 2.17. The van der Waals surface area contributed by atoms with E-state index in [2.05, 4.69) is 9.72 Å². The fourth-order valence-electron chi connectivity index (χ4n) is 1.91. The molecule has 6 heteroatoms. The number of halogens is 1. The molecular weight excluding hydrogens is 280 g/mol. The van der Waals surface area contributed by atoms with Crippen LogP contribution in [0.5, 0.6) is 5.75 Å². The average molecular weight is 295 g/mol. The van der Waals surface area contributed by atoms with E-state index in [1.807, 2.05) is 18.2 Å². The van der Waals surface area contributed by atoms with Gasteiger partial charge in [-0.1, -0.05) is 11.6 Å². The van der Waals surface area contributed by atoms with Crippen LogP contribution in [0.1, 0.15) is 5.56 Å². The van der Waals surface area contributed by atoms with E-state index in [1.54, 1.807) is 13.2 Å². The number of carbonyl (C=O) groups excluding carboxylic acids is 1. The summed E-state index contributed by atoms with van der Waals surface area (Å²) in [5, 5.41) is 1.23. The van der Waals surface area contributed by atoms with Crippen molar-refractivity contribution >= 4 is 28.5 Å². The number of hydrogen-bond acceptors (Lipinski definition) is 5. The number of pyridine rings is 1. The second-order valence-corrected chi connectivity index (χ2v) is 4.69. The molecule has 0 saturated carbocycles. The molecular formula is C14H15ClN2O3. The molecule has 1 aromatic heterocycles. The van der Waals surface area contributed by atoms with Gasteiger partial charge in [-0.3, -0.25) is 4.79 Å². The molecule has 0 spiro atoms. The van der Waals surface area contributed by atoms with Gasteiger partial charge in [0.15, 0.2) is 0 Å². The molecule has 0 aliphatic rings. The SMILES string of the molecule is COC(=O)C(N)Cc1cc2ccc(OC)cc2nc1Cl. The number of fused-ring (bicyclic) bond motifs is 1. The topological polar surface area (TPSA) is 74.4 Å². The number of ether oxygens (including phenoxy) is 2. The summed E-state index contributed by atoms with van der Waals surface area (Å²) in [6.07, 6.45) is 0.278. The predicted octanol–water partition coefficient (Wildman–Crippen LogP) is 1.94. The highest BCUT2D eigenvalue weighted by molar-refractivity contribution is 6.30. The Morgan fingerprint density at radius 2 is 2.15 bits per heavy atom. The molecule has 106 valence electrons. The number of benzene rings is 1. The number of methoxy groups -OCH3 is 2. The summed E-state index contributed by atoms with van der Waals surface area (Å²) < 4.78 is 9.74. The summed E-state index contributed by atoms with van der Waals surface area (Å²) in [6, 6.07) is 6.63. The Hall–Kier alpha value is -1.85. The minimum Gasteiger partial charge on any atom is -0.497 e. The number of aromatic nitrogens is 1. The Kier molecular flexibility index (Phi) is 4.42. The van der Waals surface area contributed by atoms with Gasteiger partial charge in [0.25, 0.3) is 0 Å². The molecule has 0 amide bonds. The van der Waals surface area contributed by atoms with Crippen LogP contribution in [-0.2, 0) is 16.0 Å².